The van der Waals surface area contributed by atoms with E-state index in [-0.39, 0.29) is 0 Å². The lowest BCUT2D eigenvalue weighted by molar-refractivity contribution is 0.317. The fourth-order valence-electron chi connectivity index (χ4n) is 3.70. The molecule has 1 spiro atoms. The Morgan fingerprint density at radius 1 is 1.05 bits per heavy atom. The zero-order valence-electron chi connectivity index (χ0n) is 13.5. The topological polar surface area (TPSA) is 41.1 Å². The Morgan fingerprint density at radius 2 is 1.77 bits per heavy atom. The molecule has 4 nitrogen and oxygen atoms in total. The van der Waals surface area contributed by atoms with Crippen LogP contribution in [0.4, 0.5) is 11.8 Å². The summed E-state index contributed by atoms with van der Waals surface area (Å²) in [7, 11) is 4.08. The molecule has 1 aromatic heterocycles. The third kappa shape index (κ3) is 2.51. The van der Waals surface area contributed by atoms with Gasteiger partial charge < -0.3 is 10.2 Å². The van der Waals surface area contributed by atoms with Gasteiger partial charge in [-0.2, -0.15) is 4.98 Å². The van der Waals surface area contributed by atoms with Gasteiger partial charge in [0.2, 0.25) is 5.95 Å². The van der Waals surface area contributed by atoms with Crippen LogP contribution in [0.2, 0.25) is 0 Å². The van der Waals surface area contributed by atoms with Crippen LogP contribution in [0.5, 0.6) is 0 Å². The van der Waals surface area contributed by atoms with Crippen molar-refractivity contribution < 1.29 is 0 Å². The molecule has 2 fully saturated rings. The van der Waals surface area contributed by atoms with Gasteiger partial charge in [0.15, 0.2) is 0 Å². The van der Waals surface area contributed by atoms with Gasteiger partial charge in [-0.15, -0.1) is 0 Å². The number of benzene rings is 1. The number of hydrogen-bond acceptors (Lipinski definition) is 4. The minimum atomic E-state index is 0.530. The number of hydrogen-bond donors (Lipinski definition) is 1. The zero-order chi connectivity index (χ0) is 15.2. The third-order valence-electron chi connectivity index (χ3n) is 5.34. The van der Waals surface area contributed by atoms with Crippen molar-refractivity contribution in [2.75, 3.05) is 24.3 Å². The van der Waals surface area contributed by atoms with Crippen LogP contribution in [0.1, 0.15) is 38.5 Å². The molecule has 0 amide bonds. The molecule has 116 valence electrons. The quantitative estimate of drug-likeness (QED) is 0.934. The molecule has 0 unspecified atom stereocenters. The fraction of sp³-hybridized carbons (Fsp3) is 0.556. The second kappa shape index (κ2) is 5.11. The molecular formula is C18H24N4. The van der Waals surface area contributed by atoms with E-state index < -0.39 is 0 Å². The monoisotopic (exact) mass is 296 g/mol. The lowest BCUT2D eigenvalue weighted by Gasteiger charge is -2.29. The lowest BCUT2D eigenvalue weighted by Crippen LogP contribution is -2.28. The summed E-state index contributed by atoms with van der Waals surface area (Å²) in [4.78, 5) is 11.5. The van der Waals surface area contributed by atoms with E-state index in [1.807, 2.05) is 26.2 Å². The van der Waals surface area contributed by atoms with E-state index in [1.54, 1.807) is 0 Å². The van der Waals surface area contributed by atoms with Crippen LogP contribution in [0.25, 0.3) is 10.9 Å². The second-order valence-corrected chi connectivity index (χ2v) is 7.20. The van der Waals surface area contributed by atoms with Gasteiger partial charge in [-0.05, 0) is 56.1 Å². The van der Waals surface area contributed by atoms with Crippen LogP contribution < -0.4 is 10.2 Å². The van der Waals surface area contributed by atoms with Crippen molar-refractivity contribution >= 4 is 22.7 Å². The minimum absolute atomic E-state index is 0.530. The summed E-state index contributed by atoms with van der Waals surface area (Å²) in [5, 5.41) is 4.69. The van der Waals surface area contributed by atoms with Crippen LogP contribution >= 0.6 is 0 Å². The first kappa shape index (κ1) is 13.8. The van der Waals surface area contributed by atoms with Gasteiger partial charge in [0.1, 0.15) is 5.82 Å². The summed E-state index contributed by atoms with van der Waals surface area (Å²) in [5.74, 6) is 1.77. The second-order valence-electron chi connectivity index (χ2n) is 7.20. The molecule has 2 aliphatic carbocycles. The first-order valence-corrected chi connectivity index (χ1v) is 8.36. The van der Waals surface area contributed by atoms with Gasteiger partial charge in [0, 0.05) is 25.5 Å². The SMILES string of the molecule is CN(C)c1nc(NC2CCC3(CC2)CC3)nc2ccccc12. The molecule has 1 N–H and O–H groups in total. The van der Waals surface area contributed by atoms with Crippen LogP contribution in [-0.4, -0.2) is 30.1 Å². The predicted molar refractivity (Wildman–Crippen MR) is 91.4 cm³/mol. The van der Waals surface area contributed by atoms with Crippen molar-refractivity contribution in [2.45, 2.75) is 44.6 Å². The normalized spacial score (nSPS) is 20.3. The van der Waals surface area contributed by atoms with Gasteiger partial charge in [0.05, 0.1) is 5.52 Å². The van der Waals surface area contributed by atoms with E-state index in [1.165, 1.54) is 38.5 Å². The number of nitrogens with one attached hydrogen (secondary N) is 1. The first-order valence-electron chi connectivity index (χ1n) is 8.36. The van der Waals surface area contributed by atoms with E-state index in [0.717, 1.165) is 28.1 Å². The first-order chi connectivity index (χ1) is 10.7. The summed E-state index contributed by atoms with van der Waals surface area (Å²) >= 11 is 0. The average Bonchev–Trinajstić information content (AvgIpc) is 3.28. The van der Waals surface area contributed by atoms with Crippen LogP contribution in [0.3, 0.4) is 0 Å². The molecule has 22 heavy (non-hydrogen) atoms. The molecule has 2 aliphatic rings. The number of fused-ring (bicyclic) bond motifs is 1. The van der Waals surface area contributed by atoms with E-state index in [2.05, 4.69) is 22.3 Å². The van der Waals surface area contributed by atoms with Gasteiger partial charge in [-0.1, -0.05) is 12.1 Å². The molecule has 0 saturated heterocycles. The van der Waals surface area contributed by atoms with Crippen molar-refractivity contribution in [1.29, 1.82) is 0 Å². The molecule has 2 saturated carbocycles. The summed E-state index contributed by atoms with van der Waals surface area (Å²) in [6.45, 7) is 0. The zero-order valence-corrected chi connectivity index (χ0v) is 13.5. The Labute approximate surface area is 131 Å². The molecule has 0 aliphatic heterocycles. The molecule has 0 atom stereocenters. The molecule has 4 rings (SSSR count). The van der Waals surface area contributed by atoms with E-state index in [9.17, 15) is 0 Å². The minimum Gasteiger partial charge on any atom is -0.362 e. The Hall–Kier alpha value is -1.84. The number of nitrogens with zero attached hydrogens (tertiary/aromatic N) is 3. The van der Waals surface area contributed by atoms with Crippen molar-refractivity contribution in [3.8, 4) is 0 Å². The Bertz CT molecular complexity index is 681. The highest BCUT2D eigenvalue weighted by Gasteiger charge is 2.44. The van der Waals surface area contributed by atoms with Gasteiger partial charge >= 0.3 is 0 Å². The summed E-state index contributed by atoms with van der Waals surface area (Å²) < 4.78 is 0. The molecule has 0 bridgehead atoms. The van der Waals surface area contributed by atoms with Gasteiger partial charge in [-0.3, -0.25) is 0 Å². The highest BCUT2D eigenvalue weighted by Crippen LogP contribution is 2.56. The van der Waals surface area contributed by atoms with E-state index in [0.29, 0.717) is 6.04 Å². The average molecular weight is 296 g/mol. The van der Waals surface area contributed by atoms with Crippen molar-refractivity contribution in [2.24, 2.45) is 5.41 Å². The largest absolute Gasteiger partial charge is 0.362 e. The third-order valence-corrected chi connectivity index (χ3v) is 5.34. The van der Waals surface area contributed by atoms with Crippen molar-refractivity contribution in [1.82, 2.24) is 9.97 Å². The number of rotatable bonds is 3. The highest BCUT2D eigenvalue weighted by atomic mass is 15.2. The van der Waals surface area contributed by atoms with Crippen molar-refractivity contribution in [3.05, 3.63) is 24.3 Å². The Balaban J connectivity index is 1.58. The maximum Gasteiger partial charge on any atom is 0.225 e. The Morgan fingerprint density at radius 3 is 2.45 bits per heavy atom. The van der Waals surface area contributed by atoms with E-state index in [4.69, 9.17) is 9.97 Å². The van der Waals surface area contributed by atoms with Gasteiger partial charge in [0.25, 0.3) is 0 Å². The fourth-order valence-corrected chi connectivity index (χ4v) is 3.70. The summed E-state index contributed by atoms with van der Waals surface area (Å²) in [6, 6.07) is 8.77. The number of aromatic nitrogens is 2. The van der Waals surface area contributed by atoms with Gasteiger partial charge in [-0.25, -0.2) is 4.98 Å². The van der Waals surface area contributed by atoms with Crippen LogP contribution in [0, 0.1) is 5.41 Å². The molecule has 2 aromatic rings. The summed E-state index contributed by atoms with van der Waals surface area (Å²) in [5.41, 5.74) is 1.75. The number of anilines is 2. The predicted octanol–water partition coefficient (Wildman–Crippen LogP) is 3.83. The standard InChI is InChI=1S/C18H24N4/c1-22(2)16-14-5-3-4-6-15(14)20-17(21-16)19-13-7-9-18(10-8-13)11-12-18/h3-6,13H,7-12H2,1-2H3,(H,19,20,21). The summed E-state index contributed by atoms with van der Waals surface area (Å²) in [6.07, 6.45) is 8.17. The Kier molecular flexibility index (Phi) is 3.21. The molecule has 4 heteroatoms. The van der Waals surface area contributed by atoms with Crippen LogP contribution in [0.15, 0.2) is 24.3 Å². The molecular weight excluding hydrogens is 272 g/mol. The maximum atomic E-state index is 4.75. The molecule has 1 heterocycles. The van der Waals surface area contributed by atoms with Crippen LogP contribution in [-0.2, 0) is 0 Å². The maximum absolute atomic E-state index is 4.75. The highest BCUT2D eigenvalue weighted by molar-refractivity contribution is 5.90. The van der Waals surface area contributed by atoms with Crippen molar-refractivity contribution in [3.63, 3.8) is 0 Å². The molecule has 0 radical (unpaired) electrons. The molecule has 1 aromatic carbocycles. The van der Waals surface area contributed by atoms with E-state index >= 15 is 0 Å². The number of para-hydroxylation sites is 1. The lowest BCUT2D eigenvalue weighted by atomic mass is 9.83. The smallest absolute Gasteiger partial charge is 0.225 e.